The monoisotopic (exact) mass is 607 g/mol. The highest BCUT2D eigenvalue weighted by atomic mass is 32.2. The number of fused-ring (bicyclic) bond motifs is 4. The number of sulfonamides is 1. The van der Waals surface area contributed by atoms with Crippen molar-refractivity contribution in [2.75, 3.05) is 69.7 Å². The van der Waals surface area contributed by atoms with Gasteiger partial charge in [-0.25, -0.2) is 8.42 Å². The molecule has 1 saturated carbocycles. The first-order valence-corrected chi connectivity index (χ1v) is 16.4. The van der Waals surface area contributed by atoms with Gasteiger partial charge in [-0.2, -0.15) is 0 Å². The minimum absolute atomic E-state index is 0.0166. The van der Waals surface area contributed by atoms with Gasteiger partial charge >= 0.3 is 0 Å². The zero-order valence-corrected chi connectivity index (χ0v) is 25.6. The van der Waals surface area contributed by atoms with Crippen LogP contribution in [0, 0.1) is 0 Å². The topological polar surface area (TPSA) is 117 Å². The minimum Gasteiger partial charge on any atom is -0.495 e. The van der Waals surface area contributed by atoms with Gasteiger partial charge in [0, 0.05) is 67.1 Å². The Balaban J connectivity index is 1.21. The number of piperazine rings is 1. The molecule has 11 nitrogen and oxygen atoms in total. The van der Waals surface area contributed by atoms with Crippen molar-refractivity contribution < 1.29 is 27.2 Å². The largest absolute Gasteiger partial charge is 0.495 e. The van der Waals surface area contributed by atoms with Crippen LogP contribution in [0.2, 0.25) is 0 Å². The highest BCUT2D eigenvalue weighted by Crippen LogP contribution is 2.59. The Morgan fingerprint density at radius 3 is 2.30 bits per heavy atom. The minimum atomic E-state index is -4.25. The summed E-state index contributed by atoms with van der Waals surface area (Å²) in [6.07, 6.45) is 3.89. The predicted octanol–water partition coefficient (Wildman–Crippen LogP) is 3.74. The average Bonchev–Trinajstić information content (AvgIpc) is 3.66. The Kier molecular flexibility index (Phi) is 6.81. The molecule has 2 aromatic carbocycles. The van der Waals surface area contributed by atoms with E-state index in [4.69, 9.17) is 14.0 Å². The van der Waals surface area contributed by atoms with Crippen LogP contribution in [-0.4, -0.2) is 89.3 Å². The predicted molar refractivity (Wildman–Crippen MR) is 162 cm³/mol. The van der Waals surface area contributed by atoms with Gasteiger partial charge in [0.2, 0.25) is 0 Å². The number of rotatable bonds is 8. The summed E-state index contributed by atoms with van der Waals surface area (Å²) in [5.41, 5.74) is 4.41. The zero-order valence-electron chi connectivity index (χ0n) is 24.8. The highest BCUT2D eigenvalue weighted by Gasteiger charge is 2.51. The van der Waals surface area contributed by atoms with Crippen LogP contribution in [0.25, 0.3) is 11.3 Å². The molecule has 3 fully saturated rings. The smallest absolute Gasteiger partial charge is 0.270 e. The second kappa shape index (κ2) is 10.4. The van der Waals surface area contributed by atoms with E-state index in [0.29, 0.717) is 30.8 Å². The van der Waals surface area contributed by atoms with E-state index in [-0.39, 0.29) is 33.5 Å². The Morgan fingerprint density at radius 2 is 1.72 bits per heavy atom. The lowest BCUT2D eigenvalue weighted by atomic mass is 9.79. The molecule has 43 heavy (non-hydrogen) atoms. The summed E-state index contributed by atoms with van der Waals surface area (Å²) in [7, 11) is -1.50. The molecule has 0 bridgehead atoms. The number of nitrogens with one attached hydrogen (secondary N) is 1. The maximum atomic E-state index is 13.9. The third kappa shape index (κ3) is 4.71. The number of carbonyl (C=O) groups excluding carboxylic acids is 1. The summed E-state index contributed by atoms with van der Waals surface area (Å²) >= 11 is 0. The van der Waals surface area contributed by atoms with Crippen LogP contribution < -0.4 is 19.1 Å². The number of nitrogens with zero attached hydrogens (tertiary/aromatic N) is 4. The molecule has 1 spiro atoms. The normalized spacial score (nSPS) is 19.0. The molecule has 228 valence electrons. The van der Waals surface area contributed by atoms with E-state index in [1.807, 2.05) is 0 Å². The third-order valence-corrected chi connectivity index (χ3v) is 10.9. The van der Waals surface area contributed by atoms with Crippen molar-refractivity contribution in [3.8, 4) is 22.8 Å². The SMILES string of the molecule is CCN1CCN(C(=O)c2cc(OC)c(S(=O)(=O)Nc3noc4c3CC3(CC3)c3ccc(N5CCC5)cc3-4)c(OC)c2)CC1. The van der Waals surface area contributed by atoms with E-state index < -0.39 is 10.0 Å². The molecule has 12 heteroatoms. The van der Waals surface area contributed by atoms with Gasteiger partial charge in [0.25, 0.3) is 15.9 Å². The third-order valence-electron chi connectivity index (χ3n) is 9.51. The molecule has 2 saturated heterocycles. The number of amides is 1. The molecule has 0 unspecified atom stereocenters. The van der Waals surface area contributed by atoms with Gasteiger partial charge in [-0.1, -0.05) is 18.1 Å². The Labute approximate surface area is 251 Å². The zero-order chi connectivity index (χ0) is 29.9. The van der Waals surface area contributed by atoms with Crippen LogP contribution in [0.4, 0.5) is 11.5 Å². The lowest BCUT2D eigenvalue weighted by Gasteiger charge is -2.34. The lowest BCUT2D eigenvalue weighted by molar-refractivity contribution is 0.0642. The van der Waals surface area contributed by atoms with E-state index in [1.165, 1.54) is 38.3 Å². The number of likely N-dealkylation sites (N-methyl/N-ethyl adjacent to an activating group) is 1. The van der Waals surface area contributed by atoms with Crippen molar-refractivity contribution >= 4 is 27.4 Å². The molecule has 0 radical (unpaired) electrons. The fourth-order valence-electron chi connectivity index (χ4n) is 6.65. The summed E-state index contributed by atoms with van der Waals surface area (Å²) in [5, 5.41) is 4.22. The first kappa shape index (κ1) is 28.0. The van der Waals surface area contributed by atoms with Crippen LogP contribution in [-0.2, 0) is 21.9 Å². The van der Waals surface area contributed by atoms with Crippen LogP contribution in [0.1, 0.15) is 47.7 Å². The lowest BCUT2D eigenvalue weighted by Crippen LogP contribution is -2.48. The fraction of sp³-hybridized carbons (Fsp3) is 0.484. The average molecular weight is 608 g/mol. The van der Waals surface area contributed by atoms with Crippen molar-refractivity contribution in [2.24, 2.45) is 0 Å². The number of methoxy groups -OCH3 is 2. The van der Waals surface area contributed by atoms with Crippen LogP contribution in [0.15, 0.2) is 39.8 Å². The van der Waals surface area contributed by atoms with Crippen molar-refractivity contribution in [1.82, 2.24) is 15.0 Å². The van der Waals surface area contributed by atoms with Gasteiger partial charge in [-0.15, -0.1) is 0 Å². The first-order chi connectivity index (χ1) is 20.8. The summed E-state index contributed by atoms with van der Waals surface area (Å²) in [6.45, 7) is 7.87. The van der Waals surface area contributed by atoms with Gasteiger partial charge in [-0.05, 0) is 62.1 Å². The molecular formula is C31H37N5O6S. The van der Waals surface area contributed by atoms with E-state index in [0.717, 1.165) is 62.4 Å². The second-order valence-corrected chi connectivity index (χ2v) is 13.5. The summed E-state index contributed by atoms with van der Waals surface area (Å²) in [4.78, 5) is 19.6. The first-order valence-electron chi connectivity index (χ1n) is 15.0. The van der Waals surface area contributed by atoms with E-state index in [1.54, 1.807) is 4.90 Å². The van der Waals surface area contributed by atoms with Crippen molar-refractivity contribution in [1.29, 1.82) is 0 Å². The molecule has 1 amide bonds. The van der Waals surface area contributed by atoms with Crippen LogP contribution in [0.5, 0.6) is 11.5 Å². The van der Waals surface area contributed by atoms with E-state index in [2.05, 4.69) is 44.8 Å². The molecule has 0 atom stereocenters. The summed E-state index contributed by atoms with van der Waals surface area (Å²) in [5.74, 6) is 0.613. The Hall–Kier alpha value is -3.77. The highest BCUT2D eigenvalue weighted by molar-refractivity contribution is 7.93. The van der Waals surface area contributed by atoms with Crippen LogP contribution >= 0.6 is 0 Å². The van der Waals surface area contributed by atoms with Crippen molar-refractivity contribution in [3.63, 3.8) is 0 Å². The number of aromatic nitrogens is 1. The maximum absolute atomic E-state index is 13.9. The van der Waals surface area contributed by atoms with Crippen LogP contribution in [0.3, 0.4) is 0 Å². The molecule has 4 aliphatic rings. The molecule has 3 heterocycles. The van der Waals surface area contributed by atoms with Gasteiger partial charge < -0.3 is 28.7 Å². The summed E-state index contributed by atoms with van der Waals surface area (Å²) < 4.78 is 47.5. The molecule has 3 aromatic rings. The van der Waals surface area contributed by atoms with Gasteiger partial charge in [0.15, 0.2) is 16.5 Å². The quantitative estimate of drug-likeness (QED) is 0.409. The summed E-state index contributed by atoms with van der Waals surface area (Å²) in [6, 6.07) is 9.47. The molecule has 1 N–H and O–H groups in total. The number of ether oxygens (including phenoxy) is 2. The number of hydrogen-bond donors (Lipinski definition) is 1. The number of anilines is 2. The van der Waals surface area contributed by atoms with E-state index >= 15 is 0 Å². The molecule has 1 aromatic heterocycles. The Bertz CT molecular complexity index is 1660. The van der Waals surface area contributed by atoms with Gasteiger partial charge in [0.1, 0.15) is 11.5 Å². The fourth-order valence-corrected chi connectivity index (χ4v) is 7.98. The number of carbonyl (C=O) groups is 1. The van der Waals surface area contributed by atoms with Crippen molar-refractivity contribution in [2.45, 2.75) is 42.9 Å². The van der Waals surface area contributed by atoms with E-state index in [9.17, 15) is 13.2 Å². The Morgan fingerprint density at radius 1 is 1.02 bits per heavy atom. The maximum Gasteiger partial charge on any atom is 0.270 e. The molecular weight excluding hydrogens is 570 g/mol. The molecule has 7 rings (SSSR count). The standard InChI is InChI=1S/C31H37N5O6S/c1-4-34-12-14-36(15-13-34)30(37)20-16-25(40-2)28(26(17-20)41-3)43(38,39)33-29-23-19-31(8-9-31)24-7-6-21(35-10-5-11-35)18-22(24)27(23)42-32-29/h6-7,16-18H,4-5,8-15,19H2,1-3H3,(H,32,33). The second-order valence-electron chi connectivity index (χ2n) is 11.9. The number of hydrogen-bond acceptors (Lipinski definition) is 9. The van der Waals surface area contributed by atoms with Gasteiger partial charge in [0.05, 0.1) is 14.2 Å². The molecule has 2 aliphatic heterocycles. The number of benzene rings is 2. The van der Waals surface area contributed by atoms with Crippen molar-refractivity contribution in [3.05, 3.63) is 47.0 Å². The molecule has 2 aliphatic carbocycles. The van der Waals surface area contributed by atoms with Gasteiger partial charge in [-0.3, -0.25) is 9.52 Å².